The molecule has 0 saturated carbocycles. The van der Waals surface area contributed by atoms with Crippen LogP contribution in [0.2, 0.25) is 0 Å². The average molecular weight is 386 g/mol. The molecule has 0 atom stereocenters. The third-order valence-electron chi connectivity index (χ3n) is 3.52. The van der Waals surface area contributed by atoms with E-state index in [2.05, 4.69) is 25.7 Å². The van der Waals surface area contributed by atoms with Crippen LogP contribution in [-0.4, -0.2) is 37.5 Å². The van der Waals surface area contributed by atoms with Crippen LogP contribution in [0.5, 0.6) is 5.75 Å². The van der Waals surface area contributed by atoms with E-state index in [1.165, 1.54) is 11.8 Å². The Morgan fingerprint density at radius 2 is 2.12 bits per heavy atom. The molecular weight excluding hydrogens is 372 g/mol. The second kappa shape index (κ2) is 7.67. The summed E-state index contributed by atoms with van der Waals surface area (Å²) in [6.45, 7) is 0.575. The molecule has 0 saturated heterocycles. The predicted molar refractivity (Wildman–Crippen MR) is 97.1 cm³/mol. The van der Waals surface area contributed by atoms with Crippen LogP contribution < -0.4 is 4.74 Å². The zero-order valence-electron chi connectivity index (χ0n) is 13.8. The first-order valence-corrected chi connectivity index (χ1v) is 9.57. The molecule has 0 aliphatic rings. The van der Waals surface area contributed by atoms with Crippen LogP contribution in [0.4, 0.5) is 0 Å². The lowest BCUT2D eigenvalue weighted by Crippen LogP contribution is -2.04. The van der Waals surface area contributed by atoms with Crippen LogP contribution in [0.1, 0.15) is 11.4 Å². The van der Waals surface area contributed by atoms with Crippen molar-refractivity contribution in [2.45, 2.75) is 17.5 Å². The van der Waals surface area contributed by atoms with Crippen molar-refractivity contribution in [3.05, 3.63) is 53.2 Å². The van der Waals surface area contributed by atoms with Crippen LogP contribution in [0.3, 0.4) is 0 Å². The quantitative estimate of drug-likeness (QED) is 0.447. The van der Waals surface area contributed by atoms with Crippen molar-refractivity contribution in [3.8, 4) is 16.5 Å². The maximum absolute atomic E-state index is 5.29. The van der Waals surface area contributed by atoms with Gasteiger partial charge in [-0.1, -0.05) is 35.1 Å². The first-order chi connectivity index (χ1) is 12.8. The normalized spacial score (nSPS) is 11.0. The number of thioether (sulfide) groups is 1. The lowest BCUT2D eigenvalue weighted by Gasteiger charge is -2.05. The van der Waals surface area contributed by atoms with Crippen molar-refractivity contribution in [1.82, 2.24) is 30.3 Å². The molecule has 0 radical (unpaired) electrons. The highest BCUT2D eigenvalue weighted by Crippen LogP contribution is 2.25. The van der Waals surface area contributed by atoms with Crippen molar-refractivity contribution in [2.75, 3.05) is 7.11 Å². The number of thiophene rings is 1. The molecule has 26 heavy (non-hydrogen) atoms. The Bertz CT molecular complexity index is 965. The molecule has 4 rings (SSSR count). The van der Waals surface area contributed by atoms with Gasteiger partial charge in [-0.3, -0.25) is 0 Å². The van der Waals surface area contributed by atoms with Crippen LogP contribution in [0.15, 0.2) is 51.5 Å². The van der Waals surface area contributed by atoms with Gasteiger partial charge >= 0.3 is 0 Å². The molecule has 10 heteroatoms. The minimum atomic E-state index is 0.526. The van der Waals surface area contributed by atoms with Gasteiger partial charge in [0.15, 0.2) is 5.82 Å². The lowest BCUT2D eigenvalue weighted by molar-refractivity contribution is 0.414. The zero-order chi connectivity index (χ0) is 17.8. The standard InChI is InChI=1S/C16H14N6O2S2/c1-23-12-6-4-11(5-7-12)9-22-16(18-20-21-22)26-10-14-17-15(24-19-14)13-3-2-8-25-13/h2-8H,9-10H2,1H3. The van der Waals surface area contributed by atoms with E-state index < -0.39 is 0 Å². The molecule has 0 bridgehead atoms. The summed E-state index contributed by atoms with van der Waals surface area (Å²) in [5, 5.41) is 18.6. The number of methoxy groups -OCH3 is 1. The van der Waals surface area contributed by atoms with Gasteiger partial charge in [-0.05, 0) is 39.6 Å². The van der Waals surface area contributed by atoms with E-state index in [4.69, 9.17) is 9.26 Å². The highest BCUT2D eigenvalue weighted by molar-refractivity contribution is 7.98. The number of aromatic nitrogens is 6. The Morgan fingerprint density at radius 1 is 1.23 bits per heavy atom. The highest BCUT2D eigenvalue weighted by atomic mass is 32.2. The summed E-state index contributed by atoms with van der Waals surface area (Å²) in [5.41, 5.74) is 1.08. The van der Waals surface area contributed by atoms with E-state index in [1.807, 2.05) is 41.8 Å². The largest absolute Gasteiger partial charge is 0.497 e. The van der Waals surface area contributed by atoms with E-state index in [1.54, 1.807) is 23.1 Å². The number of hydrogen-bond donors (Lipinski definition) is 0. The van der Waals surface area contributed by atoms with Gasteiger partial charge < -0.3 is 9.26 Å². The maximum Gasteiger partial charge on any atom is 0.268 e. The Morgan fingerprint density at radius 3 is 2.88 bits per heavy atom. The Balaban J connectivity index is 1.41. The first kappa shape index (κ1) is 16.7. The van der Waals surface area contributed by atoms with Crippen molar-refractivity contribution in [3.63, 3.8) is 0 Å². The summed E-state index contributed by atoms with van der Waals surface area (Å²) >= 11 is 3.03. The number of hydrogen-bond acceptors (Lipinski definition) is 9. The average Bonchev–Trinajstić information content (AvgIpc) is 3.42. The van der Waals surface area contributed by atoms with Crippen molar-refractivity contribution in [1.29, 1.82) is 0 Å². The fraction of sp³-hybridized carbons (Fsp3) is 0.188. The number of rotatable bonds is 7. The molecule has 132 valence electrons. The molecular formula is C16H14N6O2S2. The van der Waals surface area contributed by atoms with Gasteiger partial charge in [-0.2, -0.15) is 4.98 Å². The van der Waals surface area contributed by atoms with Gasteiger partial charge in [0.05, 0.1) is 24.3 Å². The fourth-order valence-electron chi connectivity index (χ4n) is 2.24. The Hall–Kier alpha value is -2.72. The Kier molecular flexibility index (Phi) is 4.93. The van der Waals surface area contributed by atoms with Crippen LogP contribution in [0.25, 0.3) is 10.8 Å². The van der Waals surface area contributed by atoms with E-state index in [0.717, 1.165) is 16.2 Å². The van der Waals surface area contributed by atoms with Gasteiger partial charge in [-0.15, -0.1) is 16.4 Å². The fourth-order valence-corrected chi connectivity index (χ4v) is 3.61. The molecule has 0 unspecified atom stereocenters. The zero-order valence-corrected chi connectivity index (χ0v) is 15.4. The van der Waals surface area contributed by atoms with Crippen molar-refractivity contribution in [2.24, 2.45) is 0 Å². The third kappa shape index (κ3) is 3.75. The van der Waals surface area contributed by atoms with E-state index in [-0.39, 0.29) is 0 Å². The molecule has 8 nitrogen and oxygen atoms in total. The number of ether oxygens (including phenoxy) is 1. The minimum Gasteiger partial charge on any atom is -0.497 e. The number of benzene rings is 1. The van der Waals surface area contributed by atoms with Gasteiger partial charge in [0.25, 0.3) is 5.89 Å². The molecule has 1 aromatic carbocycles. The molecule has 0 fully saturated rings. The summed E-state index contributed by atoms with van der Waals surface area (Å²) in [7, 11) is 1.65. The smallest absolute Gasteiger partial charge is 0.268 e. The molecule has 4 aromatic rings. The van der Waals surface area contributed by atoms with E-state index in [0.29, 0.717) is 29.2 Å². The summed E-state index contributed by atoms with van der Waals surface area (Å²) in [6, 6.07) is 11.7. The first-order valence-electron chi connectivity index (χ1n) is 7.70. The monoisotopic (exact) mass is 386 g/mol. The molecule has 0 amide bonds. The summed E-state index contributed by atoms with van der Waals surface area (Å²) in [6.07, 6.45) is 0. The second-order valence-corrected chi connectivity index (χ2v) is 7.14. The molecule has 0 spiro atoms. The Labute approximate surface area is 157 Å². The van der Waals surface area contributed by atoms with Crippen molar-refractivity contribution >= 4 is 23.1 Å². The SMILES string of the molecule is COc1ccc(Cn2nnnc2SCc2noc(-c3cccs3)n2)cc1. The van der Waals surface area contributed by atoms with Gasteiger partial charge in [-0.25, -0.2) is 4.68 Å². The van der Waals surface area contributed by atoms with Crippen LogP contribution >= 0.6 is 23.1 Å². The summed E-state index contributed by atoms with van der Waals surface area (Å²) in [4.78, 5) is 5.36. The van der Waals surface area contributed by atoms with Gasteiger partial charge in [0.1, 0.15) is 5.75 Å². The van der Waals surface area contributed by atoms with E-state index >= 15 is 0 Å². The van der Waals surface area contributed by atoms with Gasteiger partial charge in [0.2, 0.25) is 5.16 Å². The van der Waals surface area contributed by atoms with E-state index in [9.17, 15) is 0 Å². The summed E-state index contributed by atoms with van der Waals surface area (Å²) in [5.74, 6) is 2.49. The van der Waals surface area contributed by atoms with Crippen molar-refractivity contribution < 1.29 is 9.26 Å². The highest BCUT2D eigenvalue weighted by Gasteiger charge is 2.13. The summed E-state index contributed by atoms with van der Waals surface area (Å²) < 4.78 is 12.2. The number of tetrazole rings is 1. The molecule has 0 aliphatic heterocycles. The van der Waals surface area contributed by atoms with Gasteiger partial charge in [0, 0.05) is 0 Å². The topological polar surface area (TPSA) is 91.8 Å². The maximum atomic E-state index is 5.29. The predicted octanol–water partition coefficient (Wildman–Crippen LogP) is 3.13. The number of nitrogens with zero attached hydrogens (tertiary/aromatic N) is 6. The lowest BCUT2D eigenvalue weighted by atomic mass is 10.2. The van der Waals surface area contributed by atoms with Crippen LogP contribution in [0, 0.1) is 0 Å². The third-order valence-corrected chi connectivity index (χ3v) is 5.33. The molecule has 3 aromatic heterocycles. The molecule has 3 heterocycles. The minimum absolute atomic E-state index is 0.526. The molecule has 0 aliphatic carbocycles. The second-order valence-electron chi connectivity index (χ2n) is 5.25. The van der Waals surface area contributed by atoms with Crippen LogP contribution in [-0.2, 0) is 12.3 Å². The molecule has 0 N–H and O–H groups in total.